The van der Waals surface area contributed by atoms with Crippen molar-refractivity contribution in [2.24, 2.45) is 0 Å². The molecule has 2 rings (SSSR count). The zero-order valence-corrected chi connectivity index (χ0v) is 15.1. The molecular weight excluding hydrogens is 318 g/mol. The van der Waals surface area contributed by atoms with Crippen molar-refractivity contribution < 1.29 is 9.53 Å². The molecule has 2 aromatic carbocycles. The Hall–Kier alpha value is -1.94. The molecule has 1 N–H and O–H groups in total. The molecule has 4 heteroatoms. The van der Waals surface area contributed by atoms with E-state index < -0.39 is 0 Å². The molecule has 0 aliphatic rings. The predicted octanol–water partition coefficient (Wildman–Crippen LogP) is 4.59. The van der Waals surface area contributed by atoms with Gasteiger partial charge in [-0.3, -0.25) is 4.79 Å². The van der Waals surface area contributed by atoms with Crippen LogP contribution in [-0.4, -0.2) is 18.8 Å². The largest absolute Gasteiger partial charge is 0.497 e. The van der Waals surface area contributed by atoms with Crippen LogP contribution >= 0.6 is 11.8 Å². The van der Waals surface area contributed by atoms with E-state index in [2.05, 4.69) is 24.4 Å². The molecule has 0 bridgehead atoms. The summed E-state index contributed by atoms with van der Waals surface area (Å²) in [6.45, 7) is 2.08. The van der Waals surface area contributed by atoms with Gasteiger partial charge in [-0.2, -0.15) is 11.8 Å². The van der Waals surface area contributed by atoms with Gasteiger partial charge in [0.05, 0.1) is 13.2 Å². The molecule has 3 nitrogen and oxygen atoms in total. The fourth-order valence-electron chi connectivity index (χ4n) is 2.45. The summed E-state index contributed by atoms with van der Waals surface area (Å²) in [5.74, 6) is 2.72. The number of rotatable bonds is 9. The zero-order valence-electron chi connectivity index (χ0n) is 14.3. The van der Waals surface area contributed by atoms with Crippen LogP contribution in [0.15, 0.2) is 54.6 Å². The van der Waals surface area contributed by atoms with Crippen LogP contribution in [0.2, 0.25) is 0 Å². The topological polar surface area (TPSA) is 38.3 Å². The molecule has 128 valence electrons. The monoisotopic (exact) mass is 343 g/mol. The molecule has 0 aliphatic heterocycles. The third kappa shape index (κ3) is 5.93. The molecule has 0 radical (unpaired) electrons. The molecule has 0 spiro atoms. The lowest BCUT2D eigenvalue weighted by molar-refractivity contribution is -0.121. The predicted molar refractivity (Wildman–Crippen MR) is 101 cm³/mol. The van der Waals surface area contributed by atoms with Crippen molar-refractivity contribution >= 4 is 17.7 Å². The van der Waals surface area contributed by atoms with Gasteiger partial charge in [-0.1, -0.05) is 49.4 Å². The number of carbonyl (C=O) groups is 1. The molecule has 1 atom stereocenters. The summed E-state index contributed by atoms with van der Waals surface area (Å²) in [7, 11) is 1.65. The van der Waals surface area contributed by atoms with E-state index in [0.29, 0.717) is 6.42 Å². The maximum absolute atomic E-state index is 12.2. The number of ether oxygens (including phenoxy) is 1. The molecule has 1 amide bonds. The average molecular weight is 343 g/mol. The van der Waals surface area contributed by atoms with E-state index in [4.69, 9.17) is 4.74 Å². The molecular formula is C20H25NO2S. The first kappa shape index (κ1) is 18.4. The highest BCUT2D eigenvalue weighted by Crippen LogP contribution is 2.20. The van der Waals surface area contributed by atoms with E-state index in [0.717, 1.165) is 29.2 Å². The van der Waals surface area contributed by atoms with Gasteiger partial charge in [-0.25, -0.2) is 0 Å². The van der Waals surface area contributed by atoms with Gasteiger partial charge in [0.15, 0.2) is 0 Å². The van der Waals surface area contributed by atoms with Gasteiger partial charge < -0.3 is 10.1 Å². The molecule has 24 heavy (non-hydrogen) atoms. The number of amides is 1. The second kappa shape index (κ2) is 10.0. The van der Waals surface area contributed by atoms with Crippen LogP contribution in [0, 0.1) is 0 Å². The van der Waals surface area contributed by atoms with Gasteiger partial charge in [0, 0.05) is 17.9 Å². The number of thioether (sulfide) groups is 1. The first-order chi connectivity index (χ1) is 11.7. The van der Waals surface area contributed by atoms with Gasteiger partial charge in [-0.05, 0) is 29.7 Å². The van der Waals surface area contributed by atoms with Crippen molar-refractivity contribution in [1.29, 1.82) is 0 Å². The number of benzene rings is 2. The van der Waals surface area contributed by atoms with Crippen LogP contribution in [0.25, 0.3) is 0 Å². The Bertz CT molecular complexity index is 613. The Balaban J connectivity index is 1.75. The van der Waals surface area contributed by atoms with Gasteiger partial charge in [0.1, 0.15) is 5.75 Å². The molecule has 0 saturated carbocycles. The number of hydrogen-bond donors (Lipinski definition) is 1. The van der Waals surface area contributed by atoms with E-state index in [9.17, 15) is 4.79 Å². The lowest BCUT2D eigenvalue weighted by atomic mass is 10.0. The normalized spacial score (nSPS) is 11.8. The lowest BCUT2D eigenvalue weighted by Crippen LogP contribution is -2.28. The van der Waals surface area contributed by atoms with Crippen LogP contribution < -0.4 is 10.1 Å². The minimum absolute atomic E-state index is 0.0579. The van der Waals surface area contributed by atoms with Crippen molar-refractivity contribution in [2.45, 2.75) is 31.6 Å². The minimum atomic E-state index is 0.0579. The Morgan fingerprint density at radius 2 is 1.83 bits per heavy atom. The first-order valence-corrected chi connectivity index (χ1v) is 9.43. The average Bonchev–Trinajstić information content (AvgIpc) is 2.64. The maximum Gasteiger partial charge on any atom is 0.221 e. The second-order valence-electron chi connectivity index (χ2n) is 5.59. The van der Waals surface area contributed by atoms with Crippen LogP contribution in [0.1, 0.15) is 36.9 Å². The molecule has 0 aromatic heterocycles. The summed E-state index contributed by atoms with van der Waals surface area (Å²) in [5, 5.41) is 3.13. The third-order valence-corrected chi connectivity index (χ3v) is 4.88. The molecule has 0 saturated heterocycles. The lowest BCUT2D eigenvalue weighted by Gasteiger charge is -2.18. The van der Waals surface area contributed by atoms with E-state index in [1.54, 1.807) is 18.9 Å². The first-order valence-electron chi connectivity index (χ1n) is 8.28. The SMILES string of the molecule is CC[C@H](NC(=O)CCSCc1ccccc1)c1ccc(OC)cc1. The standard InChI is InChI=1S/C20H25NO2S/c1-3-19(17-9-11-18(23-2)12-10-17)21-20(22)13-14-24-15-16-7-5-4-6-8-16/h4-12,19H,3,13-15H2,1-2H3,(H,21,22)/t19-/m0/s1. The molecule has 0 unspecified atom stereocenters. The highest BCUT2D eigenvalue weighted by atomic mass is 32.2. The summed E-state index contributed by atoms with van der Waals surface area (Å²) in [5.41, 5.74) is 2.41. The van der Waals surface area contributed by atoms with Crippen molar-refractivity contribution in [3.05, 3.63) is 65.7 Å². The van der Waals surface area contributed by atoms with Gasteiger partial charge in [-0.15, -0.1) is 0 Å². The summed E-state index contributed by atoms with van der Waals surface area (Å²) >= 11 is 1.79. The molecule has 2 aromatic rings. The highest BCUT2D eigenvalue weighted by molar-refractivity contribution is 7.98. The van der Waals surface area contributed by atoms with Gasteiger partial charge in [0.2, 0.25) is 5.91 Å². The number of nitrogens with one attached hydrogen (secondary N) is 1. The van der Waals surface area contributed by atoms with Crippen molar-refractivity contribution in [3.8, 4) is 5.75 Å². The van der Waals surface area contributed by atoms with Crippen LogP contribution in [0.3, 0.4) is 0 Å². The van der Waals surface area contributed by atoms with Gasteiger partial charge >= 0.3 is 0 Å². The van der Waals surface area contributed by atoms with E-state index in [-0.39, 0.29) is 11.9 Å². The summed E-state index contributed by atoms with van der Waals surface area (Å²) < 4.78 is 5.18. The van der Waals surface area contributed by atoms with E-state index in [1.807, 2.05) is 42.5 Å². The second-order valence-corrected chi connectivity index (χ2v) is 6.69. The van der Waals surface area contributed by atoms with Crippen LogP contribution in [-0.2, 0) is 10.5 Å². The quantitative estimate of drug-likeness (QED) is 0.677. The zero-order chi connectivity index (χ0) is 17.2. The van der Waals surface area contributed by atoms with Gasteiger partial charge in [0.25, 0.3) is 0 Å². The number of methoxy groups -OCH3 is 1. The summed E-state index contributed by atoms with van der Waals surface area (Å²) in [4.78, 5) is 12.2. The van der Waals surface area contributed by atoms with E-state index >= 15 is 0 Å². The van der Waals surface area contributed by atoms with Crippen LogP contribution in [0.4, 0.5) is 0 Å². The number of carbonyl (C=O) groups excluding carboxylic acids is 1. The van der Waals surface area contributed by atoms with E-state index in [1.165, 1.54) is 5.56 Å². The minimum Gasteiger partial charge on any atom is -0.497 e. The number of hydrogen-bond acceptors (Lipinski definition) is 3. The maximum atomic E-state index is 12.2. The summed E-state index contributed by atoms with van der Waals surface area (Å²) in [6, 6.07) is 18.3. The fraction of sp³-hybridized carbons (Fsp3) is 0.350. The van der Waals surface area contributed by atoms with Crippen LogP contribution in [0.5, 0.6) is 5.75 Å². The Morgan fingerprint density at radius 1 is 1.12 bits per heavy atom. The Morgan fingerprint density at radius 3 is 2.46 bits per heavy atom. The molecule has 0 aliphatic carbocycles. The highest BCUT2D eigenvalue weighted by Gasteiger charge is 2.12. The van der Waals surface area contributed by atoms with Crippen molar-refractivity contribution in [3.63, 3.8) is 0 Å². The summed E-state index contributed by atoms with van der Waals surface area (Å²) in [6.07, 6.45) is 1.42. The molecule has 0 heterocycles. The molecule has 0 fully saturated rings. The van der Waals surface area contributed by atoms with Crippen molar-refractivity contribution in [2.75, 3.05) is 12.9 Å². The Kier molecular flexibility index (Phi) is 7.69. The fourth-order valence-corrected chi connectivity index (χ4v) is 3.36. The van der Waals surface area contributed by atoms with Crippen molar-refractivity contribution in [1.82, 2.24) is 5.32 Å². The third-order valence-electron chi connectivity index (χ3n) is 3.85. The Labute approximate surface area is 148 Å². The smallest absolute Gasteiger partial charge is 0.221 e.